The fraction of sp³-hybridized carbons (Fsp3) is 0.833. The number of carboxylic acids is 1. The molecule has 17 heavy (non-hydrogen) atoms. The van der Waals surface area contributed by atoms with Crippen molar-refractivity contribution in [1.82, 2.24) is 10.2 Å². The zero-order valence-corrected chi connectivity index (χ0v) is 10.8. The summed E-state index contributed by atoms with van der Waals surface area (Å²) in [6, 6.07) is 0. The van der Waals surface area contributed by atoms with Gasteiger partial charge in [-0.1, -0.05) is 13.8 Å². The summed E-state index contributed by atoms with van der Waals surface area (Å²) in [4.78, 5) is 23.9. The molecule has 1 atom stereocenters. The van der Waals surface area contributed by atoms with Crippen molar-refractivity contribution < 1.29 is 14.7 Å². The number of likely N-dealkylation sites (tertiary alicyclic amines) is 1. The van der Waals surface area contributed by atoms with E-state index in [2.05, 4.69) is 31.1 Å². The Morgan fingerprint density at radius 3 is 2.59 bits per heavy atom. The van der Waals surface area contributed by atoms with Gasteiger partial charge in [0.1, 0.15) is 6.42 Å². The Morgan fingerprint density at radius 1 is 1.47 bits per heavy atom. The number of carbonyl (C=O) groups excluding carboxylic acids is 1. The standard InChI is InChI=1S/C12H22N2O3/c1-12(2,9-4-5-14(3)7-9)8-13-10(15)6-11(16)17/h9H,4-8H2,1-3H3,(H,13,15)(H,16,17). The second-order valence-electron chi connectivity index (χ2n) is 5.58. The van der Waals surface area contributed by atoms with Gasteiger partial charge in [0.05, 0.1) is 0 Å². The highest BCUT2D eigenvalue weighted by atomic mass is 16.4. The van der Waals surface area contributed by atoms with Crippen molar-refractivity contribution in [3.8, 4) is 0 Å². The highest BCUT2D eigenvalue weighted by molar-refractivity contribution is 5.93. The van der Waals surface area contributed by atoms with E-state index in [1.54, 1.807) is 0 Å². The lowest BCUT2D eigenvalue weighted by Gasteiger charge is -2.31. The fourth-order valence-corrected chi connectivity index (χ4v) is 2.24. The van der Waals surface area contributed by atoms with Crippen LogP contribution in [0.2, 0.25) is 0 Å². The minimum atomic E-state index is -1.08. The molecule has 1 aliphatic rings. The summed E-state index contributed by atoms with van der Waals surface area (Å²) in [6.45, 7) is 6.92. The molecule has 1 amide bonds. The summed E-state index contributed by atoms with van der Waals surface area (Å²) in [5.41, 5.74) is 0.0128. The number of nitrogens with zero attached hydrogens (tertiary/aromatic N) is 1. The van der Waals surface area contributed by atoms with E-state index < -0.39 is 18.3 Å². The smallest absolute Gasteiger partial charge is 0.312 e. The van der Waals surface area contributed by atoms with E-state index in [0.29, 0.717) is 12.5 Å². The summed E-state index contributed by atoms with van der Waals surface area (Å²) in [6.07, 6.45) is 0.693. The number of hydrogen-bond donors (Lipinski definition) is 2. The Kier molecular flexibility index (Phi) is 4.51. The van der Waals surface area contributed by atoms with Gasteiger partial charge in [0, 0.05) is 13.1 Å². The number of carboxylic acid groups (broad SMARTS) is 1. The lowest BCUT2D eigenvalue weighted by atomic mass is 9.78. The van der Waals surface area contributed by atoms with Crippen LogP contribution in [0.25, 0.3) is 0 Å². The Balaban J connectivity index is 2.39. The average Bonchev–Trinajstić information content (AvgIpc) is 2.62. The van der Waals surface area contributed by atoms with Crippen molar-refractivity contribution in [1.29, 1.82) is 0 Å². The third-order valence-corrected chi connectivity index (χ3v) is 3.55. The van der Waals surface area contributed by atoms with Gasteiger partial charge >= 0.3 is 5.97 Å². The van der Waals surface area contributed by atoms with Crippen molar-refractivity contribution in [3.63, 3.8) is 0 Å². The average molecular weight is 242 g/mol. The van der Waals surface area contributed by atoms with Gasteiger partial charge in [-0.25, -0.2) is 0 Å². The first kappa shape index (κ1) is 14.0. The first-order valence-electron chi connectivity index (χ1n) is 5.98. The molecule has 0 aromatic rings. The molecule has 0 saturated carbocycles. The van der Waals surface area contributed by atoms with Gasteiger partial charge in [-0.15, -0.1) is 0 Å². The molecule has 0 aromatic carbocycles. The van der Waals surface area contributed by atoms with E-state index in [-0.39, 0.29) is 5.41 Å². The fourth-order valence-electron chi connectivity index (χ4n) is 2.24. The zero-order valence-electron chi connectivity index (χ0n) is 10.8. The largest absolute Gasteiger partial charge is 0.481 e. The predicted octanol–water partition coefficient (Wildman–Crippen LogP) is 0.555. The zero-order chi connectivity index (χ0) is 13.1. The van der Waals surface area contributed by atoms with Crippen LogP contribution in [0.5, 0.6) is 0 Å². The van der Waals surface area contributed by atoms with E-state index in [4.69, 9.17) is 5.11 Å². The summed E-state index contributed by atoms with van der Waals surface area (Å²) >= 11 is 0. The molecule has 98 valence electrons. The van der Waals surface area contributed by atoms with Gasteiger partial charge in [0.2, 0.25) is 5.91 Å². The van der Waals surface area contributed by atoms with Crippen LogP contribution < -0.4 is 5.32 Å². The van der Waals surface area contributed by atoms with Gasteiger partial charge in [0.15, 0.2) is 0 Å². The van der Waals surface area contributed by atoms with Crippen LogP contribution in [0.15, 0.2) is 0 Å². The van der Waals surface area contributed by atoms with Gasteiger partial charge < -0.3 is 15.3 Å². The number of amides is 1. The van der Waals surface area contributed by atoms with Crippen LogP contribution in [0.1, 0.15) is 26.7 Å². The monoisotopic (exact) mass is 242 g/mol. The minimum Gasteiger partial charge on any atom is -0.481 e. The molecule has 0 radical (unpaired) electrons. The molecule has 2 N–H and O–H groups in total. The second-order valence-corrected chi connectivity index (χ2v) is 5.58. The Hall–Kier alpha value is -1.10. The molecule has 1 rings (SSSR count). The number of aliphatic carboxylic acids is 1. The summed E-state index contributed by atoms with van der Waals surface area (Å²) in [7, 11) is 2.10. The third kappa shape index (κ3) is 4.34. The van der Waals surface area contributed by atoms with Gasteiger partial charge in [-0.05, 0) is 31.3 Å². The van der Waals surface area contributed by atoms with Gasteiger partial charge in [0.25, 0.3) is 0 Å². The molecule has 1 aliphatic heterocycles. The maximum absolute atomic E-state index is 11.3. The van der Waals surface area contributed by atoms with Crippen LogP contribution in [-0.4, -0.2) is 48.6 Å². The van der Waals surface area contributed by atoms with Crippen molar-refractivity contribution in [2.45, 2.75) is 26.7 Å². The molecule has 1 saturated heterocycles. The molecule has 1 unspecified atom stereocenters. The second kappa shape index (κ2) is 5.49. The van der Waals surface area contributed by atoms with Crippen molar-refractivity contribution in [2.24, 2.45) is 11.3 Å². The van der Waals surface area contributed by atoms with Crippen molar-refractivity contribution in [2.75, 3.05) is 26.7 Å². The molecule has 0 spiro atoms. The molecular formula is C12H22N2O3. The summed E-state index contributed by atoms with van der Waals surface area (Å²) < 4.78 is 0. The molecule has 5 heteroatoms. The molecule has 0 bridgehead atoms. The molecule has 0 aromatic heterocycles. The Morgan fingerprint density at radius 2 is 2.12 bits per heavy atom. The quantitative estimate of drug-likeness (QED) is 0.691. The van der Waals surface area contributed by atoms with Crippen LogP contribution in [0, 0.1) is 11.3 Å². The number of nitrogens with one attached hydrogen (secondary N) is 1. The van der Waals surface area contributed by atoms with Gasteiger partial charge in [-0.2, -0.15) is 0 Å². The highest BCUT2D eigenvalue weighted by Crippen LogP contribution is 2.33. The van der Waals surface area contributed by atoms with Crippen LogP contribution in [-0.2, 0) is 9.59 Å². The maximum atomic E-state index is 11.3. The molecule has 1 heterocycles. The minimum absolute atomic E-state index is 0.0128. The van der Waals surface area contributed by atoms with Crippen molar-refractivity contribution >= 4 is 11.9 Å². The Bertz CT molecular complexity index is 302. The van der Waals surface area contributed by atoms with E-state index in [9.17, 15) is 9.59 Å². The summed E-state index contributed by atoms with van der Waals surface area (Å²) in [5, 5.41) is 11.2. The van der Waals surface area contributed by atoms with Crippen LogP contribution in [0.4, 0.5) is 0 Å². The lowest BCUT2D eigenvalue weighted by molar-refractivity contribution is -0.140. The molecule has 5 nitrogen and oxygen atoms in total. The van der Waals surface area contributed by atoms with E-state index in [1.807, 2.05) is 0 Å². The lowest BCUT2D eigenvalue weighted by Crippen LogP contribution is -2.40. The number of carbonyl (C=O) groups is 2. The van der Waals surface area contributed by atoms with Crippen LogP contribution >= 0.6 is 0 Å². The number of hydrogen-bond acceptors (Lipinski definition) is 3. The van der Waals surface area contributed by atoms with Crippen molar-refractivity contribution in [3.05, 3.63) is 0 Å². The molecule has 1 fully saturated rings. The first-order valence-corrected chi connectivity index (χ1v) is 5.98. The topological polar surface area (TPSA) is 69.6 Å². The van der Waals surface area contributed by atoms with E-state index in [0.717, 1.165) is 19.5 Å². The van der Waals surface area contributed by atoms with Gasteiger partial charge in [-0.3, -0.25) is 9.59 Å². The summed E-state index contributed by atoms with van der Waals surface area (Å²) in [5.74, 6) is -0.935. The first-order chi connectivity index (χ1) is 7.81. The van der Waals surface area contributed by atoms with E-state index in [1.165, 1.54) is 0 Å². The number of rotatable bonds is 5. The SMILES string of the molecule is CN1CCC(C(C)(C)CNC(=O)CC(=O)O)C1. The van der Waals surface area contributed by atoms with Crippen LogP contribution in [0.3, 0.4) is 0 Å². The van der Waals surface area contributed by atoms with E-state index >= 15 is 0 Å². The molecule has 0 aliphatic carbocycles. The maximum Gasteiger partial charge on any atom is 0.312 e. The normalized spacial score (nSPS) is 21.5. The Labute approximate surface area is 102 Å². The molecular weight excluding hydrogens is 220 g/mol. The highest BCUT2D eigenvalue weighted by Gasteiger charge is 2.34. The predicted molar refractivity (Wildman–Crippen MR) is 64.6 cm³/mol. The third-order valence-electron chi connectivity index (χ3n) is 3.55.